The van der Waals surface area contributed by atoms with Gasteiger partial charge in [0.2, 0.25) is 5.91 Å². The Morgan fingerprint density at radius 1 is 1.00 bits per heavy atom. The monoisotopic (exact) mass is 357 g/mol. The van der Waals surface area contributed by atoms with Crippen molar-refractivity contribution in [1.82, 2.24) is 10.2 Å². The molecule has 1 saturated heterocycles. The van der Waals surface area contributed by atoms with E-state index >= 15 is 0 Å². The van der Waals surface area contributed by atoms with Crippen LogP contribution in [0.1, 0.15) is 10.4 Å². The zero-order valence-corrected chi connectivity index (χ0v) is 14.2. The van der Waals surface area contributed by atoms with Gasteiger partial charge in [0.1, 0.15) is 11.6 Å². The standard InChI is InChI=1S/C19H20FN3O3/c20-15-7-5-14(6-8-15)19(26)21-13-18(25)23-11-9-22(10-12-23)16-3-1-2-4-17(16)24/h1-8,24H,9-13H2,(H,21,26). The van der Waals surface area contributed by atoms with Gasteiger partial charge in [-0.15, -0.1) is 0 Å². The second-order valence-corrected chi connectivity index (χ2v) is 6.05. The lowest BCUT2D eigenvalue weighted by molar-refractivity contribution is -0.130. The number of hydrogen-bond acceptors (Lipinski definition) is 4. The molecule has 1 heterocycles. The molecule has 136 valence electrons. The summed E-state index contributed by atoms with van der Waals surface area (Å²) in [5.41, 5.74) is 1.06. The Labute approximate surface area is 150 Å². The number of carbonyl (C=O) groups is 2. The summed E-state index contributed by atoms with van der Waals surface area (Å²) in [6.07, 6.45) is 0. The number of phenols is 1. The SMILES string of the molecule is O=C(NCC(=O)N1CCN(c2ccccc2O)CC1)c1ccc(F)cc1. The molecule has 0 saturated carbocycles. The van der Waals surface area contributed by atoms with Gasteiger partial charge in [-0.1, -0.05) is 12.1 Å². The van der Waals surface area contributed by atoms with Crippen LogP contribution in [0.3, 0.4) is 0 Å². The highest BCUT2D eigenvalue weighted by atomic mass is 19.1. The van der Waals surface area contributed by atoms with E-state index < -0.39 is 11.7 Å². The van der Waals surface area contributed by atoms with Gasteiger partial charge in [-0.25, -0.2) is 4.39 Å². The summed E-state index contributed by atoms with van der Waals surface area (Å²) >= 11 is 0. The van der Waals surface area contributed by atoms with Crippen LogP contribution in [0.25, 0.3) is 0 Å². The summed E-state index contributed by atoms with van der Waals surface area (Å²) in [5, 5.41) is 12.5. The van der Waals surface area contributed by atoms with Crippen molar-refractivity contribution in [1.29, 1.82) is 0 Å². The van der Waals surface area contributed by atoms with Crippen molar-refractivity contribution in [2.45, 2.75) is 0 Å². The Morgan fingerprint density at radius 2 is 1.65 bits per heavy atom. The van der Waals surface area contributed by atoms with Crippen molar-refractivity contribution >= 4 is 17.5 Å². The van der Waals surface area contributed by atoms with Crippen molar-refractivity contribution in [3.63, 3.8) is 0 Å². The molecule has 1 aliphatic rings. The van der Waals surface area contributed by atoms with Crippen LogP contribution in [0.2, 0.25) is 0 Å². The molecule has 3 rings (SSSR count). The quantitative estimate of drug-likeness (QED) is 0.872. The van der Waals surface area contributed by atoms with Crippen LogP contribution in [-0.2, 0) is 4.79 Å². The number of phenolic OH excluding ortho intramolecular Hbond substituents is 1. The van der Waals surface area contributed by atoms with Gasteiger partial charge in [0.05, 0.1) is 12.2 Å². The molecule has 7 heteroatoms. The fourth-order valence-corrected chi connectivity index (χ4v) is 2.90. The third-order valence-electron chi connectivity index (χ3n) is 4.36. The number of rotatable bonds is 4. The van der Waals surface area contributed by atoms with Gasteiger partial charge in [0, 0.05) is 31.7 Å². The van der Waals surface area contributed by atoms with E-state index in [0.717, 1.165) is 5.69 Å². The Hall–Kier alpha value is -3.09. The van der Waals surface area contributed by atoms with Gasteiger partial charge in [-0.05, 0) is 36.4 Å². The minimum Gasteiger partial charge on any atom is -0.506 e. The smallest absolute Gasteiger partial charge is 0.251 e. The average Bonchev–Trinajstić information content (AvgIpc) is 2.67. The lowest BCUT2D eigenvalue weighted by atomic mass is 10.2. The van der Waals surface area contributed by atoms with Crippen LogP contribution >= 0.6 is 0 Å². The van der Waals surface area contributed by atoms with Gasteiger partial charge in [-0.3, -0.25) is 9.59 Å². The van der Waals surface area contributed by atoms with Gasteiger partial charge < -0.3 is 20.2 Å². The third-order valence-corrected chi connectivity index (χ3v) is 4.36. The summed E-state index contributed by atoms with van der Waals surface area (Å²) in [5.74, 6) is -0.776. The van der Waals surface area contributed by atoms with Gasteiger partial charge in [-0.2, -0.15) is 0 Å². The summed E-state index contributed by atoms with van der Waals surface area (Å²) < 4.78 is 12.9. The van der Waals surface area contributed by atoms with Crippen molar-refractivity contribution in [3.8, 4) is 5.75 Å². The van der Waals surface area contributed by atoms with E-state index in [1.807, 2.05) is 17.0 Å². The predicted molar refractivity (Wildman–Crippen MR) is 95.6 cm³/mol. The molecule has 0 atom stereocenters. The van der Waals surface area contributed by atoms with E-state index in [9.17, 15) is 19.1 Å². The zero-order chi connectivity index (χ0) is 18.5. The fraction of sp³-hybridized carbons (Fsp3) is 0.263. The van der Waals surface area contributed by atoms with E-state index in [0.29, 0.717) is 31.7 Å². The Bertz CT molecular complexity index is 787. The lowest BCUT2D eigenvalue weighted by Crippen LogP contribution is -2.51. The zero-order valence-electron chi connectivity index (χ0n) is 14.2. The maximum absolute atomic E-state index is 12.9. The lowest BCUT2D eigenvalue weighted by Gasteiger charge is -2.36. The Kier molecular flexibility index (Phi) is 5.36. The fourth-order valence-electron chi connectivity index (χ4n) is 2.90. The normalized spacial score (nSPS) is 14.2. The minimum absolute atomic E-state index is 0.104. The van der Waals surface area contributed by atoms with Crippen LogP contribution in [0.5, 0.6) is 5.75 Å². The van der Waals surface area contributed by atoms with Crippen LogP contribution < -0.4 is 10.2 Å². The summed E-state index contributed by atoms with van der Waals surface area (Å²) in [6.45, 7) is 2.14. The number of amides is 2. The number of hydrogen-bond donors (Lipinski definition) is 2. The van der Waals surface area contributed by atoms with Crippen LogP contribution in [0.4, 0.5) is 10.1 Å². The molecule has 2 aromatic rings. The minimum atomic E-state index is -0.417. The number of piperazine rings is 1. The predicted octanol–water partition coefficient (Wildman–Crippen LogP) is 1.61. The Morgan fingerprint density at radius 3 is 2.31 bits per heavy atom. The van der Waals surface area contributed by atoms with Gasteiger partial charge >= 0.3 is 0 Å². The first-order chi connectivity index (χ1) is 12.5. The van der Waals surface area contributed by atoms with Crippen molar-refractivity contribution in [2.75, 3.05) is 37.6 Å². The largest absolute Gasteiger partial charge is 0.506 e. The molecule has 0 bridgehead atoms. The van der Waals surface area contributed by atoms with Crippen molar-refractivity contribution in [2.24, 2.45) is 0 Å². The first-order valence-corrected chi connectivity index (χ1v) is 8.39. The molecule has 2 aromatic carbocycles. The second-order valence-electron chi connectivity index (χ2n) is 6.05. The maximum Gasteiger partial charge on any atom is 0.251 e. The number of benzene rings is 2. The van der Waals surface area contributed by atoms with Gasteiger partial charge in [0.25, 0.3) is 5.91 Å². The van der Waals surface area contributed by atoms with Crippen molar-refractivity contribution in [3.05, 3.63) is 59.9 Å². The highest BCUT2D eigenvalue weighted by molar-refractivity contribution is 5.96. The maximum atomic E-state index is 12.9. The van der Waals surface area contributed by atoms with E-state index in [-0.39, 0.29) is 18.2 Å². The first kappa shape index (κ1) is 17.7. The molecule has 6 nitrogen and oxygen atoms in total. The van der Waals surface area contributed by atoms with Crippen LogP contribution in [0, 0.1) is 5.82 Å². The number of anilines is 1. The molecule has 26 heavy (non-hydrogen) atoms. The van der Waals surface area contributed by atoms with E-state index in [1.165, 1.54) is 24.3 Å². The molecule has 0 aromatic heterocycles. The Balaban J connectivity index is 1.48. The van der Waals surface area contributed by atoms with Crippen LogP contribution in [-0.4, -0.2) is 54.5 Å². The number of nitrogens with zero attached hydrogens (tertiary/aromatic N) is 2. The number of para-hydroxylation sites is 2. The van der Waals surface area contributed by atoms with E-state index in [2.05, 4.69) is 5.32 Å². The molecule has 0 radical (unpaired) electrons. The molecule has 1 fully saturated rings. The molecule has 0 spiro atoms. The van der Waals surface area contributed by atoms with E-state index in [4.69, 9.17) is 0 Å². The molecule has 0 unspecified atom stereocenters. The second kappa shape index (κ2) is 7.86. The van der Waals surface area contributed by atoms with E-state index in [1.54, 1.807) is 17.0 Å². The molecule has 1 aliphatic heterocycles. The molecule has 2 amide bonds. The number of halogens is 1. The average molecular weight is 357 g/mol. The first-order valence-electron chi connectivity index (χ1n) is 8.39. The topological polar surface area (TPSA) is 72.9 Å². The molecule has 0 aliphatic carbocycles. The van der Waals surface area contributed by atoms with Crippen molar-refractivity contribution < 1.29 is 19.1 Å². The summed E-state index contributed by atoms with van der Waals surface area (Å²) in [4.78, 5) is 28.0. The number of aromatic hydroxyl groups is 1. The number of nitrogens with one attached hydrogen (secondary N) is 1. The molecular weight excluding hydrogens is 337 g/mol. The van der Waals surface area contributed by atoms with Gasteiger partial charge in [0.15, 0.2) is 0 Å². The molecule has 2 N–H and O–H groups in total. The summed E-state index contributed by atoms with van der Waals surface area (Å²) in [6, 6.07) is 12.3. The third kappa shape index (κ3) is 4.11. The highest BCUT2D eigenvalue weighted by Gasteiger charge is 2.22. The highest BCUT2D eigenvalue weighted by Crippen LogP contribution is 2.27. The summed E-state index contributed by atoms with van der Waals surface area (Å²) in [7, 11) is 0. The molecular formula is C19H20FN3O3. The number of carbonyl (C=O) groups excluding carboxylic acids is 2. The van der Waals surface area contributed by atoms with Crippen LogP contribution in [0.15, 0.2) is 48.5 Å².